The number of amides is 1. The van der Waals surface area contributed by atoms with Crippen LogP contribution in [0, 0.1) is 21.4 Å². The summed E-state index contributed by atoms with van der Waals surface area (Å²) in [5.74, 6) is 0.747. The van der Waals surface area contributed by atoms with Crippen LogP contribution in [0.2, 0.25) is 0 Å². The SMILES string of the molecule is N#Cc1cccc(-n2ncc3c(NC(=O)c4ccc([N+](=O)[O-])s4)nc(-c4ccc5c(c4)OC(CCO)O5)nc32)c1. The predicted molar refractivity (Wildman–Crippen MR) is 142 cm³/mol. The molecule has 4 heterocycles. The monoisotopic (exact) mass is 555 g/mol. The van der Waals surface area contributed by atoms with E-state index in [1.165, 1.54) is 23.0 Å². The van der Waals surface area contributed by atoms with E-state index < -0.39 is 17.1 Å². The lowest BCUT2D eigenvalue weighted by Crippen LogP contribution is -2.19. The van der Waals surface area contributed by atoms with Gasteiger partial charge in [0.25, 0.3) is 5.91 Å². The van der Waals surface area contributed by atoms with Crippen molar-refractivity contribution in [2.75, 3.05) is 11.9 Å². The molecule has 3 aromatic heterocycles. The van der Waals surface area contributed by atoms with Gasteiger partial charge in [0.05, 0.1) is 45.3 Å². The number of hydrogen-bond donors (Lipinski definition) is 2. The summed E-state index contributed by atoms with van der Waals surface area (Å²) < 4.78 is 13.0. The van der Waals surface area contributed by atoms with Crippen LogP contribution in [0.3, 0.4) is 0 Å². The third-order valence-electron chi connectivity index (χ3n) is 5.96. The van der Waals surface area contributed by atoms with E-state index in [9.17, 15) is 25.3 Å². The molecule has 14 heteroatoms. The molecular formula is C26H17N7O6S. The minimum atomic E-state index is -0.614. The summed E-state index contributed by atoms with van der Waals surface area (Å²) in [5, 5.41) is 37.1. The number of thiophene rings is 1. The maximum Gasteiger partial charge on any atom is 0.324 e. The Morgan fingerprint density at radius 1 is 1.18 bits per heavy atom. The maximum absolute atomic E-state index is 13.0. The van der Waals surface area contributed by atoms with Crippen molar-refractivity contribution in [2.45, 2.75) is 12.7 Å². The van der Waals surface area contributed by atoms with Crippen molar-refractivity contribution in [1.82, 2.24) is 19.7 Å². The highest BCUT2D eigenvalue weighted by molar-refractivity contribution is 7.17. The van der Waals surface area contributed by atoms with E-state index in [0.717, 1.165) is 11.3 Å². The summed E-state index contributed by atoms with van der Waals surface area (Å²) in [6.07, 6.45) is 1.17. The summed E-state index contributed by atoms with van der Waals surface area (Å²) in [6, 6.07) is 16.7. The van der Waals surface area contributed by atoms with Crippen molar-refractivity contribution in [3.63, 3.8) is 0 Å². The zero-order valence-corrected chi connectivity index (χ0v) is 21.2. The van der Waals surface area contributed by atoms with Gasteiger partial charge in [-0.25, -0.2) is 14.6 Å². The average molecular weight is 556 g/mol. The number of carbonyl (C=O) groups is 1. The lowest BCUT2D eigenvalue weighted by molar-refractivity contribution is -0.380. The number of benzene rings is 2. The second kappa shape index (κ2) is 10.1. The number of nitriles is 1. The summed E-state index contributed by atoms with van der Waals surface area (Å²) in [5.41, 5.74) is 1.90. The Balaban J connectivity index is 1.45. The molecule has 1 aliphatic rings. The van der Waals surface area contributed by atoms with Gasteiger partial charge < -0.3 is 19.9 Å². The molecule has 5 aromatic rings. The van der Waals surface area contributed by atoms with Gasteiger partial charge in [-0.2, -0.15) is 10.4 Å². The van der Waals surface area contributed by atoms with Crippen molar-refractivity contribution in [3.05, 3.63) is 81.3 Å². The Hall–Kier alpha value is -5.39. The van der Waals surface area contributed by atoms with Gasteiger partial charge >= 0.3 is 5.00 Å². The first kappa shape index (κ1) is 24.9. The molecule has 0 radical (unpaired) electrons. The molecule has 0 saturated heterocycles. The van der Waals surface area contributed by atoms with Crippen LogP contribution >= 0.6 is 11.3 Å². The zero-order chi connectivity index (χ0) is 27.8. The third kappa shape index (κ3) is 4.55. The molecule has 6 rings (SSSR count). The molecule has 198 valence electrons. The van der Waals surface area contributed by atoms with Crippen molar-refractivity contribution in [1.29, 1.82) is 5.26 Å². The Morgan fingerprint density at radius 3 is 2.80 bits per heavy atom. The molecule has 1 unspecified atom stereocenters. The Kier molecular flexibility index (Phi) is 6.27. The Labute approximate surface area is 229 Å². The zero-order valence-electron chi connectivity index (χ0n) is 20.3. The number of anilines is 1. The van der Waals surface area contributed by atoms with Crippen molar-refractivity contribution in [3.8, 4) is 34.6 Å². The number of fused-ring (bicyclic) bond motifs is 2. The molecule has 13 nitrogen and oxygen atoms in total. The van der Waals surface area contributed by atoms with Gasteiger partial charge in [0.15, 0.2) is 23.0 Å². The first-order chi connectivity index (χ1) is 19.4. The van der Waals surface area contributed by atoms with E-state index >= 15 is 0 Å². The first-order valence-electron chi connectivity index (χ1n) is 11.8. The number of aromatic nitrogens is 4. The summed E-state index contributed by atoms with van der Waals surface area (Å²) >= 11 is 0.744. The van der Waals surface area contributed by atoms with Crippen molar-refractivity contribution < 1.29 is 24.3 Å². The predicted octanol–water partition coefficient (Wildman–Crippen LogP) is 4.06. The number of nitro groups is 1. The van der Waals surface area contributed by atoms with Crippen LogP contribution in [0.4, 0.5) is 10.8 Å². The van der Waals surface area contributed by atoms with E-state index in [4.69, 9.17) is 14.5 Å². The number of nitrogens with one attached hydrogen (secondary N) is 1. The van der Waals surface area contributed by atoms with E-state index in [0.29, 0.717) is 45.8 Å². The highest BCUT2D eigenvalue weighted by Gasteiger charge is 2.25. The van der Waals surface area contributed by atoms with Crippen LogP contribution in [-0.4, -0.2) is 48.6 Å². The number of hydrogen-bond acceptors (Lipinski definition) is 11. The van der Waals surface area contributed by atoms with Gasteiger partial charge in [0, 0.05) is 18.1 Å². The molecule has 1 amide bonds. The molecule has 0 bridgehead atoms. The number of nitrogens with zero attached hydrogens (tertiary/aromatic N) is 6. The van der Waals surface area contributed by atoms with Crippen molar-refractivity contribution >= 4 is 39.1 Å². The normalized spacial score (nSPS) is 13.8. The van der Waals surface area contributed by atoms with Gasteiger partial charge in [0.2, 0.25) is 6.29 Å². The van der Waals surface area contributed by atoms with Gasteiger partial charge in [-0.3, -0.25) is 14.9 Å². The van der Waals surface area contributed by atoms with E-state index in [-0.39, 0.29) is 28.1 Å². The van der Waals surface area contributed by atoms with Crippen LogP contribution < -0.4 is 14.8 Å². The summed E-state index contributed by atoms with van der Waals surface area (Å²) in [7, 11) is 0. The second-order valence-corrected chi connectivity index (χ2v) is 9.60. The number of ether oxygens (including phenoxy) is 2. The average Bonchev–Trinajstić information content (AvgIpc) is 3.71. The van der Waals surface area contributed by atoms with Gasteiger partial charge in [-0.1, -0.05) is 17.4 Å². The molecule has 2 aromatic carbocycles. The van der Waals surface area contributed by atoms with Gasteiger partial charge in [0.1, 0.15) is 5.82 Å². The standard InChI is InChI=1S/C26H17N7O6S/c27-12-14-2-1-3-16(10-14)32-25-17(13-28-32)24(31-26(35)20-6-7-21(40-20)33(36)37)29-23(30-25)15-4-5-18-19(11-15)39-22(38-18)8-9-34/h1-7,10-11,13,22,34H,8-9H2,(H,29,30,31,35). The molecular weight excluding hydrogens is 538 g/mol. The highest BCUT2D eigenvalue weighted by Crippen LogP contribution is 2.39. The quantitative estimate of drug-likeness (QED) is 0.220. The molecule has 1 atom stereocenters. The van der Waals surface area contributed by atoms with Gasteiger partial charge in [-0.05, 0) is 42.5 Å². The van der Waals surface area contributed by atoms with Crippen molar-refractivity contribution in [2.24, 2.45) is 0 Å². The largest absolute Gasteiger partial charge is 0.451 e. The topological polar surface area (TPSA) is 178 Å². The molecule has 0 fully saturated rings. The molecule has 1 aliphatic heterocycles. The fraction of sp³-hybridized carbons (Fsp3) is 0.115. The van der Waals surface area contributed by atoms with E-state index in [2.05, 4.69) is 21.5 Å². The maximum atomic E-state index is 13.0. The number of carbonyl (C=O) groups excluding carboxylic acids is 1. The van der Waals surface area contributed by atoms with Gasteiger partial charge in [-0.15, -0.1) is 0 Å². The van der Waals surface area contributed by atoms with Crippen LogP contribution in [-0.2, 0) is 0 Å². The summed E-state index contributed by atoms with van der Waals surface area (Å²) in [4.78, 5) is 33.0. The Morgan fingerprint density at radius 2 is 2.02 bits per heavy atom. The first-order valence-corrected chi connectivity index (χ1v) is 12.7. The number of aliphatic hydroxyl groups excluding tert-OH is 1. The number of aliphatic hydroxyl groups is 1. The lowest BCUT2D eigenvalue weighted by Gasteiger charge is -2.09. The van der Waals surface area contributed by atoms with Crippen LogP contribution in [0.1, 0.15) is 21.7 Å². The fourth-order valence-electron chi connectivity index (χ4n) is 4.11. The smallest absolute Gasteiger partial charge is 0.324 e. The lowest BCUT2D eigenvalue weighted by atomic mass is 10.2. The van der Waals surface area contributed by atoms with Crippen LogP contribution in [0.15, 0.2) is 60.8 Å². The second-order valence-electron chi connectivity index (χ2n) is 8.54. The fourth-order valence-corrected chi connectivity index (χ4v) is 4.83. The number of rotatable bonds is 7. The highest BCUT2D eigenvalue weighted by atomic mass is 32.1. The third-order valence-corrected chi connectivity index (χ3v) is 6.99. The molecule has 40 heavy (non-hydrogen) atoms. The van der Waals surface area contributed by atoms with E-state index in [1.54, 1.807) is 42.5 Å². The molecule has 0 spiro atoms. The molecule has 2 N–H and O–H groups in total. The summed E-state index contributed by atoms with van der Waals surface area (Å²) in [6.45, 7) is -0.0985. The molecule has 0 aliphatic carbocycles. The minimum absolute atomic E-state index is 0.0985. The molecule has 0 saturated carbocycles. The minimum Gasteiger partial charge on any atom is -0.451 e. The Bertz CT molecular complexity index is 1840. The van der Waals surface area contributed by atoms with Crippen LogP contribution in [0.5, 0.6) is 11.5 Å². The van der Waals surface area contributed by atoms with Crippen LogP contribution in [0.25, 0.3) is 28.1 Å². The van der Waals surface area contributed by atoms with E-state index in [1.807, 2.05) is 0 Å².